The number of nitrogens with one attached hydrogen (secondary N) is 1. The van der Waals surface area contributed by atoms with Crippen LogP contribution in [0.15, 0.2) is 30.5 Å². The summed E-state index contributed by atoms with van der Waals surface area (Å²) in [6.07, 6.45) is 1.16. The maximum Gasteiger partial charge on any atom is 0.414 e. The Labute approximate surface area is 274 Å². The summed E-state index contributed by atoms with van der Waals surface area (Å²) in [4.78, 5) is 24.4. The Morgan fingerprint density at radius 1 is 1.20 bits per heavy atom. The molecular weight excluding hydrogens is 599 g/mol. The zero-order valence-electron chi connectivity index (χ0n) is 29.4. The van der Waals surface area contributed by atoms with E-state index in [0.29, 0.717) is 42.6 Å². The Morgan fingerprint density at radius 3 is 2.50 bits per heavy atom. The van der Waals surface area contributed by atoms with Gasteiger partial charge >= 0.3 is 6.09 Å². The molecule has 3 aromatic rings. The van der Waals surface area contributed by atoms with Crippen molar-refractivity contribution in [3.63, 3.8) is 0 Å². The van der Waals surface area contributed by atoms with E-state index in [1.807, 2.05) is 57.5 Å². The van der Waals surface area contributed by atoms with Gasteiger partial charge in [0.25, 0.3) is 0 Å². The largest absolute Gasteiger partial charge is 0.443 e. The number of hydrogen-bond acceptors (Lipinski definition) is 9. The summed E-state index contributed by atoms with van der Waals surface area (Å²) in [5.41, 5.74) is 2.71. The van der Waals surface area contributed by atoms with Gasteiger partial charge in [-0.2, -0.15) is 10.4 Å². The Kier molecular flexibility index (Phi) is 9.74. The van der Waals surface area contributed by atoms with Crippen molar-refractivity contribution in [2.24, 2.45) is 0 Å². The van der Waals surface area contributed by atoms with Crippen LogP contribution in [-0.4, -0.2) is 66.1 Å². The molecule has 1 amide bonds. The van der Waals surface area contributed by atoms with Gasteiger partial charge in [0.1, 0.15) is 17.5 Å². The molecule has 1 N–H and O–H groups in total. The number of aryl methyl sites for hydroxylation is 1. The average Bonchev–Trinajstić information content (AvgIpc) is 3.46. The van der Waals surface area contributed by atoms with Crippen molar-refractivity contribution < 1.29 is 18.7 Å². The summed E-state index contributed by atoms with van der Waals surface area (Å²) in [7, 11) is -0.461. The van der Waals surface area contributed by atoms with E-state index in [9.17, 15) is 10.1 Å². The van der Waals surface area contributed by atoms with Gasteiger partial charge in [0, 0.05) is 43.5 Å². The van der Waals surface area contributed by atoms with Gasteiger partial charge in [-0.1, -0.05) is 27.7 Å². The second-order valence-corrected chi connectivity index (χ2v) is 19.8. The number of amides is 1. The number of carbonyl (C=O) groups excluding carboxylic acids is 1. The van der Waals surface area contributed by atoms with E-state index in [4.69, 9.17) is 18.9 Å². The molecule has 0 saturated heterocycles. The lowest BCUT2D eigenvalue weighted by Crippen LogP contribution is -2.46. The summed E-state index contributed by atoms with van der Waals surface area (Å²) < 4.78 is 19.8. The van der Waals surface area contributed by atoms with E-state index in [1.165, 1.54) is 0 Å². The van der Waals surface area contributed by atoms with E-state index in [2.05, 4.69) is 62.3 Å². The predicted molar refractivity (Wildman–Crippen MR) is 183 cm³/mol. The fourth-order valence-corrected chi connectivity index (χ4v) is 6.19. The fraction of sp³-hybridized carbons (Fsp3) is 0.559. The maximum absolute atomic E-state index is 13.5. The van der Waals surface area contributed by atoms with Crippen LogP contribution in [0.3, 0.4) is 0 Å². The van der Waals surface area contributed by atoms with Crippen LogP contribution in [0.25, 0.3) is 11.3 Å². The van der Waals surface area contributed by atoms with Crippen molar-refractivity contribution in [2.45, 2.75) is 104 Å². The van der Waals surface area contributed by atoms with E-state index in [1.54, 1.807) is 24.3 Å². The standard InChI is InChI=1S/C34H49N7O4Si/c1-22-15-28(41(39-22)19-23(2)43-10)38-30-36-14-13-27(37-30)24-16-25(18-35)29-26(17-24)34(9,21-44-46(11,12)33(6,7)8)20-40(29)31(42)45-32(3,4)5/h13-17,23H,19-21H2,1-12H3,(H,36,37,38)/t23?,34-/m1/s1. The first-order valence-corrected chi connectivity index (χ1v) is 18.6. The molecule has 0 fully saturated rings. The topological polar surface area (TPSA) is 127 Å². The number of carbonyl (C=O) groups is 1. The van der Waals surface area contributed by atoms with Crippen molar-refractivity contribution in [1.29, 1.82) is 5.26 Å². The van der Waals surface area contributed by atoms with E-state index in [0.717, 1.165) is 22.6 Å². The highest BCUT2D eigenvalue weighted by Gasteiger charge is 2.47. The monoisotopic (exact) mass is 647 g/mol. The molecule has 2 atom stereocenters. The molecule has 1 unspecified atom stereocenters. The van der Waals surface area contributed by atoms with Gasteiger partial charge in [0.2, 0.25) is 5.95 Å². The minimum Gasteiger partial charge on any atom is -0.443 e. The highest BCUT2D eigenvalue weighted by atomic mass is 28.4. The smallest absolute Gasteiger partial charge is 0.414 e. The summed E-state index contributed by atoms with van der Waals surface area (Å²) >= 11 is 0. The molecule has 0 spiro atoms. The van der Waals surface area contributed by atoms with Crippen LogP contribution in [0, 0.1) is 18.3 Å². The zero-order chi connectivity index (χ0) is 34.2. The highest BCUT2D eigenvalue weighted by Crippen LogP contribution is 2.47. The van der Waals surface area contributed by atoms with Crippen molar-refractivity contribution in [1.82, 2.24) is 19.7 Å². The molecule has 0 aliphatic carbocycles. The summed E-state index contributed by atoms with van der Waals surface area (Å²) in [5.74, 6) is 1.13. The van der Waals surface area contributed by atoms with Gasteiger partial charge in [-0.3, -0.25) is 4.90 Å². The minimum atomic E-state index is -2.13. The van der Waals surface area contributed by atoms with Crippen LogP contribution >= 0.6 is 0 Å². The first-order valence-electron chi connectivity index (χ1n) is 15.7. The Hall–Kier alpha value is -3.79. The van der Waals surface area contributed by atoms with Crippen molar-refractivity contribution in [2.75, 3.05) is 30.5 Å². The van der Waals surface area contributed by atoms with Crippen LogP contribution in [0.2, 0.25) is 18.1 Å². The van der Waals surface area contributed by atoms with Crippen molar-refractivity contribution in [3.8, 4) is 17.3 Å². The summed E-state index contributed by atoms with van der Waals surface area (Å²) in [6.45, 7) is 23.8. The van der Waals surface area contributed by atoms with Crippen LogP contribution in [0.5, 0.6) is 0 Å². The lowest BCUT2D eigenvalue weighted by molar-refractivity contribution is 0.0575. The summed E-state index contributed by atoms with van der Waals surface area (Å²) in [6, 6.07) is 9.89. The lowest BCUT2D eigenvalue weighted by Gasteiger charge is -2.39. The van der Waals surface area contributed by atoms with Crippen LogP contribution in [-0.2, 0) is 25.9 Å². The Bertz CT molecular complexity index is 1630. The number of rotatable bonds is 9. The first-order chi connectivity index (χ1) is 21.3. The number of hydrogen-bond donors (Lipinski definition) is 1. The molecule has 0 saturated carbocycles. The van der Waals surface area contributed by atoms with Crippen molar-refractivity contribution in [3.05, 3.63) is 47.3 Å². The van der Waals surface area contributed by atoms with Crippen LogP contribution < -0.4 is 10.2 Å². The molecular formula is C34H49N7O4Si. The minimum absolute atomic E-state index is 0.00912. The zero-order valence-corrected chi connectivity index (χ0v) is 30.4. The molecule has 11 nitrogen and oxygen atoms in total. The molecule has 1 aliphatic heterocycles. The van der Waals surface area contributed by atoms with E-state index in [-0.39, 0.29) is 11.1 Å². The molecule has 12 heteroatoms. The number of benzene rings is 1. The third-order valence-electron chi connectivity index (χ3n) is 8.76. The SMILES string of the molecule is COC(C)Cn1nc(C)cc1Nc1nccc(-c2cc(C#N)c3c(c2)[C@@](C)(CO[Si](C)(C)C(C)(C)C)CN3C(=O)OC(C)(C)C)n1. The van der Waals surface area contributed by atoms with Crippen molar-refractivity contribution >= 4 is 31.9 Å². The first kappa shape index (κ1) is 35.1. The van der Waals surface area contributed by atoms with Crippen LogP contribution in [0.4, 0.5) is 22.2 Å². The molecule has 46 heavy (non-hydrogen) atoms. The number of aromatic nitrogens is 4. The van der Waals surface area contributed by atoms with Gasteiger partial charge < -0.3 is 19.2 Å². The number of methoxy groups -OCH3 is 1. The number of nitriles is 1. The number of ether oxygens (including phenoxy) is 2. The number of anilines is 3. The third kappa shape index (κ3) is 7.60. The molecule has 0 bridgehead atoms. The molecule has 3 heterocycles. The van der Waals surface area contributed by atoms with E-state index >= 15 is 0 Å². The second-order valence-electron chi connectivity index (χ2n) is 15.0. The molecule has 1 aliphatic rings. The molecule has 4 rings (SSSR count). The average molecular weight is 648 g/mol. The van der Waals surface area contributed by atoms with Gasteiger partial charge in [-0.25, -0.2) is 19.4 Å². The van der Waals surface area contributed by atoms with Gasteiger partial charge in [-0.15, -0.1) is 0 Å². The van der Waals surface area contributed by atoms with Gasteiger partial charge in [0.15, 0.2) is 8.32 Å². The second kappa shape index (κ2) is 12.8. The van der Waals surface area contributed by atoms with E-state index < -0.39 is 25.4 Å². The predicted octanol–water partition coefficient (Wildman–Crippen LogP) is 7.33. The Morgan fingerprint density at radius 2 is 1.89 bits per heavy atom. The Balaban J connectivity index is 1.77. The molecule has 0 radical (unpaired) electrons. The van der Waals surface area contributed by atoms with Gasteiger partial charge in [0.05, 0.1) is 35.3 Å². The molecule has 248 valence electrons. The maximum atomic E-state index is 13.5. The quantitative estimate of drug-likeness (QED) is 0.237. The summed E-state index contributed by atoms with van der Waals surface area (Å²) in [5, 5.41) is 18.3. The third-order valence-corrected chi connectivity index (χ3v) is 13.2. The van der Waals surface area contributed by atoms with Gasteiger partial charge in [-0.05, 0) is 76.5 Å². The molecule has 2 aromatic heterocycles. The van der Waals surface area contributed by atoms with Crippen LogP contribution in [0.1, 0.15) is 72.2 Å². The number of fused-ring (bicyclic) bond motifs is 1. The normalized spacial score (nSPS) is 17.4. The molecule has 1 aromatic carbocycles. The lowest BCUT2D eigenvalue weighted by atomic mass is 9.83. The highest BCUT2D eigenvalue weighted by molar-refractivity contribution is 6.74. The fourth-order valence-electron chi connectivity index (χ4n) is 5.08. The number of nitrogens with zero attached hydrogens (tertiary/aromatic N) is 6.